The third kappa shape index (κ3) is 4.29. The summed E-state index contributed by atoms with van der Waals surface area (Å²) in [6.45, 7) is 7.15. The fraction of sp³-hybridized carbons (Fsp3) is 0.333. The molecule has 0 saturated heterocycles. The highest BCUT2D eigenvalue weighted by molar-refractivity contribution is 6.30. The molecule has 0 spiro atoms. The van der Waals surface area contributed by atoms with E-state index in [0.717, 1.165) is 18.5 Å². The lowest BCUT2D eigenvalue weighted by Gasteiger charge is -2.20. The average Bonchev–Trinajstić information content (AvgIpc) is 2.41. The van der Waals surface area contributed by atoms with Gasteiger partial charge in [-0.25, -0.2) is 4.39 Å². The van der Waals surface area contributed by atoms with Crippen LogP contribution in [-0.2, 0) is 6.42 Å². The van der Waals surface area contributed by atoms with Crippen molar-refractivity contribution >= 4 is 11.6 Å². The summed E-state index contributed by atoms with van der Waals surface area (Å²) in [6.07, 6.45) is 0.741. The molecule has 2 rings (SSSR count). The lowest BCUT2D eigenvalue weighted by Crippen LogP contribution is -2.23. The summed E-state index contributed by atoms with van der Waals surface area (Å²) < 4.78 is 13.6. The van der Waals surface area contributed by atoms with Crippen molar-refractivity contribution in [2.45, 2.75) is 33.2 Å². The smallest absolute Gasteiger partial charge is 0.142 e. The summed E-state index contributed by atoms with van der Waals surface area (Å²) in [5.41, 5.74) is 4.68. The van der Waals surface area contributed by atoms with Crippen molar-refractivity contribution in [2.24, 2.45) is 0 Å². The zero-order chi connectivity index (χ0) is 15.4. The molecule has 1 atom stereocenters. The van der Waals surface area contributed by atoms with Gasteiger partial charge in [-0.2, -0.15) is 0 Å². The van der Waals surface area contributed by atoms with Crippen LogP contribution in [0.25, 0.3) is 0 Å². The molecule has 2 aromatic carbocycles. The molecular formula is C18H21ClFN. The Kier molecular flexibility index (Phi) is 5.38. The lowest BCUT2D eigenvalue weighted by molar-refractivity contribution is 0.546. The highest BCUT2D eigenvalue weighted by Gasteiger charge is 2.13. The Bertz CT molecular complexity index is 604. The Morgan fingerprint density at radius 3 is 2.33 bits per heavy atom. The number of hydrogen-bond donors (Lipinski definition) is 1. The van der Waals surface area contributed by atoms with Gasteiger partial charge in [0.1, 0.15) is 5.82 Å². The summed E-state index contributed by atoms with van der Waals surface area (Å²) >= 11 is 5.75. The van der Waals surface area contributed by atoms with E-state index in [1.807, 2.05) is 6.07 Å². The summed E-state index contributed by atoms with van der Waals surface area (Å²) in [5.74, 6) is -0.357. The van der Waals surface area contributed by atoms with Crippen LogP contribution in [0.3, 0.4) is 0 Å². The molecule has 1 N–H and O–H groups in total. The van der Waals surface area contributed by atoms with Crippen LogP contribution in [0.5, 0.6) is 0 Å². The van der Waals surface area contributed by atoms with Gasteiger partial charge in [0.2, 0.25) is 0 Å². The van der Waals surface area contributed by atoms with Crippen LogP contribution in [-0.4, -0.2) is 6.54 Å². The molecule has 1 nitrogen and oxygen atoms in total. The standard InChI is InChI=1S/C18H21ClFN/c1-4-21-18(15-8-12(2)7-13(3)9-15)11-14-5-6-16(19)17(20)10-14/h5-10,18,21H,4,11H2,1-3H3. The molecule has 0 aliphatic heterocycles. The van der Waals surface area contributed by atoms with Gasteiger partial charge in [-0.1, -0.05) is 53.9 Å². The summed E-state index contributed by atoms with van der Waals surface area (Å²) in [4.78, 5) is 0. The third-order valence-corrected chi connectivity index (χ3v) is 3.83. The molecule has 2 aromatic rings. The number of halogens is 2. The molecule has 112 valence electrons. The van der Waals surface area contributed by atoms with E-state index in [0.29, 0.717) is 0 Å². The summed E-state index contributed by atoms with van der Waals surface area (Å²) in [7, 11) is 0. The molecule has 0 bridgehead atoms. The van der Waals surface area contributed by atoms with E-state index in [1.165, 1.54) is 22.8 Å². The monoisotopic (exact) mass is 305 g/mol. The van der Waals surface area contributed by atoms with Crippen molar-refractivity contribution in [3.8, 4) is 0 Å². The second-order valence-corrected chi connectivity index (χ2v) is 5.89. The molecule has 0 aromatic heterocycles. The summed E-state index contributed by atoms with van der Waals surface area (Å²) in [5, 5.41) is 3.65. The highest BCUT2D eigenvalue weighted by Crippen LogP contribution is 2.23. The van der Waals surface area contributed by atoms with Crippen LogP contribution in [0, 0.1) is 19.7 Å². The van der Waals surface area contributed by atoms with E-state index in [9.17, 15) is 4.39 Å². The van der Waals surface area contributed by atoms with E-state index >= 15 is 0 Å². The van der Waals surface area contributed by atoms with Crippen LogP contribution >= 0.6 is 11.6 Å². The molecule has 0 heterocycles. The zero-order valence-electron chi connectivity index (χ0n) is 12.7. The normalized spacial score (nSPS) is 12.4. The van der Waals surface area contributed by atoms with E-state index in [4.69, 9.17) is 11.6 Å². The van der Waals surface area contributed by atoms with Gasteiger partial charge in [0.05, 0.1) is 5.02 Å². The second-order valence-electron chi connectivity index (χ2n) is 5.48. The Balaban J connectivity index is 2.27. The van der Waals surface area contributed by atoms with Crippen LogP contribution in [0.4, 0.5) is 4.39 Å². The molecular weight excluding hydrogens is 285 g/mol. The molecule has 0 saturated carbocycles. The van der Waals surface area contributed by atoms with Crippen molar-refractivity contribution in [3.05, 3.63) is 69.5 Å². The number of nitrogens with one attached hydrogen (secondary N) is 1. The maximum atomic E-state index is 13.6. The number of aryl methyl sites for hydroxylation is 2. The first-order valence-electron chi connectivity index (χ1n) is 7.25. The Labute approximate surface area is 131 Å². The SMILES string of the molecule is CCNC(Cc1ccc(Cl)c(F)c1)c1cc(C)cc(C)c1. The van der Waals surface area contributed by atoms with E-state index < -0.39 is 0 Å². The maximum absolute atomic E-state index is 13.6. The quantitative estimate of drug-likeness (QED) is 0.820. The van der Waals surface area contributed by atoms with Crippen molar-refractivity contribution in [2.75, 3.05) is 6.54 Å². The molecule has 21 heavy (non-hydrogen) atoms. The predicted molar refractivity (Wildman–Crippen MR) is 87.4 cm³/mol. The second kappa shape index (κ2) is 7.06. The molecule has 0 aliphatic carbocycles. The first-order chi connectivity index (χ1) is 9.99. The number of benzene rings is 2. The third-order valence-electron chi connectivity index (χ3n) is 3.52. The lowest BCUT2D eigenvalue weighted by atomic mass is 9.96. The van der Waals surface area contributed by atoms with Crippen LogP contribution < -0.4 is 5.32 Å². The van der Waals surface area contributed by atoms with Gasteiger partial charge in [0, 0.05) is 6.04 Å². The molecule has 0 amide bonds. The van der Waals surface area contributed by atoms with Crippen molar-refractivity contribution in [1.82, 2.24) is 5.32 Å². The largest absolute Gasteiger partial charge is 0.310 e. The van der Waals surface area contributed by atoms with E-state index in [2.05, 4.69) is 44.3 Å². The van der Waals surface area contributed by atoms with Gasteiger partial charge in [-0.15, -0.1) is 0 Å². The average molecular weight is 306 g/mol. The molecule has 3 heteroatoms. The first kappa shape index (κ1) is 16.0. The zero-order valence-corrected chi connectivity index (χ0v) is 13.5. The molecule has 0 fully saturated rings. The first-order valence-corrected chi connectivity index (χ1v) is 7.63. The fourth-order valence-corrected chi connectivity index (χ4v) is 2.79. The summed E-state index contributed by atoms with van der Waals surface area (Å²) in [6, 6.07) is 11.7. The number of rotatable bonds is 5. The van der Waals surface area contributed by atoms with Crippen molar-refractivity contribution in [1.29, 1.82) is 0 Å². The minimum atomic E-state index is -0.357. The molecule has 1 unspecified atom stereocenters. The number of likely N-dealkylation sites (N-methyl/N-ethyl adjacent to an activating group) is 1. The van der Waals surface area contributed by atoms with Gasteiger partial charge < -0.3 is 5.32 Å². The van der Waals surface area contributed by atoms with E-state index in [-0.39, 0.29) is 16.9 Å². The van der Waals surface area contributed by atoms with Gasteiger partial charge in [-0.05, 0) is 50.1 Å². The Morgan fingerprint density at radius 2 is 1.76 bits per heavy atom. The Morgan fingerprint density at radius 1 is 1.10 bits per heavy atom. The van der Waals surface area contributed by atoms with Crippen molar-refractivity contribution < 1.29 is 4.39 Å². The minimum Gasteiger partial charge on any atom is -0.310 e. The predicted octanol–water partition coefficient (Wildman–Crippen LogP) is 4.99. The fourth-order valence-electron chi connectivity index (χ4n) is 2.67. The Hall–Kier alpha value is -1.38. The highest BCUT2D eigenvalue weighted by atomic mass is 35.5. The van der Waals surface area contributed by atoms with Crippen molar-refractivity contribution in [3.63, 3.8) is 0 Å². The molecule has 0 radical (unpaired) electrons. The van der Waals surface area contributed by atoms with Crippen LogP contribution in [0.2, 0.25) is 5.02 Å². The topological polar surface area (TPSA) is 12.0 Å². The van der Waals surface area contributed by atoms with Gasteiger partial charge >= 0.3 is 0 Å². The number of hydrogen-bond acceptors (Lipinski definition) is 1. The van der Waals surface area contributed by atoms with Crippen LogP contribution in [0.1, 0.15) is 35.2 Å². The van der Waals surface area contributed by atoms with Gasteiger partial charge in [-0.3, -0.25) is 0 Å². The minimum absolute atomic E-state index is 0.171. The van der Waals surface area contributed by atoms with Gasteiger partial charge in [0.25, 0.3) is 0 Å². The molecule has 0 aliphatic rings. The van der Waals surface area contributed by atoms with E-state index in [1.54, 1.807) is 6.07 Å². The van der Waals surface area contributed by atoms with Gasteiger partial charge in [0.15, 0.2) is 0 Å². The van der Waals surface area contributed by atoms with Crippen LogP contribution in [0.15, 0.2) is 36.4 Å². The maximum Gasteiger partial charge on any atom is 0.142 e.